The molecule has 3 rings (SSSR count). The Morgan fingerprint density at radius 1 is 1.18 bits per heavy atom. The number of hydrogen-bond donors (Lipinski definition) is 1. The summed E-state index contributed by atoms with van der Waals surface area (Å²) in [6.07, 6.45) is 1.53. The van der Waals surface area contributed by atoms with Crippen LogP contribution in [0.5, 0.6) is 0 Å². The monoisotopic (exact) mass is 314 g/mol. The highest BCUT2D eigenvalue weighted by Gasteiger charge is 2.35. The molecule has 0 bridgehead atoms. The Morgan fingerprint density at radius 2 is 1.77 bits per heavy atom. The van der Waals surface area contributed by atoms with Crippen LogP contribution >= 0.6 is 0 Å². The van der Waals surface area contributed by atoms with Crippen LogP contribution in [0.25, 0.3) is 11.1 Å². The molecule has 0 spiro atoms. The van der Waals surface area contributed by atoms with E-state index in [1.807, 2.05) is 13.8 Å². The highest BCUT2D eigenvalue weighted by molar-refractivity contribution is 5.78. The van der Waals surface area contributed by atoms with Crippen LogP contribution in [-0.2, 0) is 12.7 Å². The normalized spacial score (nSPS) is 14.7. The molecule has 1 aliphatic carbocycles. The maximum Gasteiger partial charge on any atom is 0.420 e. The SMILES string of the molecule is C1CCC1.CC(C)c1nc2cc(CN)cc(C(F)(F)F)c2o1. The van der Waals surface area contributed by atoms with Crippen LogP contribution in [0, 0.1) is 0 Å². The molecule has 1 aromatic carbocycles. The zero-order valence-electron chi connectivity index (χ0n) is 12.8. The zero-order valence-corrected chi connectivity index (χ0v) is 12.8. The quantitative estimate of drug-likeness (QED) is 0.849. The third-order valence-electron chi connectivity index (χ3n) is 3.60. The van der Waals surface area contributed by atoms with Crippen LogP contribution in [0.3, 0.4) is 0 Å². The van der Waals surface area contributed by atoms with Gasteiger partial charge in [0.1, 0.15) is 11.1 Å². The molecule has 1 saturated carbocycles. The fourth-order valence-corrected chi connectivity index (χ4v) is 1.93. The van der Waals surface area contributed by atoms with E-state index in [0.717, 1.165) is 6.07 Å². The van der Waals surface area contributed by atoms with E-state index in [9.17, 15) is 13.2 Å². The number of halogens is 3. The van der Waals surface area contributed by atoms with Crippen molar-refractivity contribution in [1.82, 2.24) is 4.98 Å². The molecular formula is C16H21F3N2O. The van der Waals surface area contributed by atoms with Gasteiger partial charge in [-0.25, -0.2) is 4.98 Å². The second-order valence-corrected chi connectivity index (χ2v) is 5.81. The van der Waals surface area contributed by atoms with Crippen LogP contribution in [0.2, 0.25) is 0 Å². The molecule has 0 unspecified atom stereocenters. The van der Waals surface area contributed by atoms with Crippen LogP contribution in [0.4, 0.5) is 13.2 Å². The van der Waals surface area contributed by atoms with E-state index in [0.29, 0.717) is 11.5 Å². The molecule has 1 fully saturated rings. The Hall–Kier alpha value is -1.56. The summed E-state index contributed by atoms with van der Waals surface area (Å²) in [4.78, 5) is 4.07. The molecule has 2 aromatic rings. The lowest BCUT2D eigenvalue weighted by Gasteiger charge is -2.08. The molecule has 3 nitrogen and oxygen atoms in total. The van der Waals surface area contributed by atoms with E-state index >= 15 is 0 Å². The molecule has 122 valence electrons. The number of nitrogens with zero attached hydrogens (tertiary/aromatic N) is 1. The fraction of sp³-hybridized carbons (Fsp3) is 0.562. The maximum atomic E-state index is 12.9. The highest BCUT2D eigenvalue weighted by Crippen LogP contribution is 2.36. The number of nitrogens with two attached hydrogens (primary N) is 1. The van der Waals surface area contributed by atoms with E-state index in [1.165, 1.54) is 31.7 Å². The van der Waals surface area contributed by atoms with Crippen molar-refractivity contribution in [3.63, 3.8) is 0 Å². The Morgan fingerprint density at radius 3 is 2.18 bits per heavy atom. The molecule has 0 saturated heterocycles. The number of fused-ring (bicyclic) bond motifs is 1. The van der Waals surface area contributed by atoms with E-state index in [1.54, 1.807) is 0 Å². The standard InChI is InChI=1S/C12H13F3N2O.C4H8/c1-6(2)11-17-9-4-7(5-16)3-8(10(9)18-11)12(13,14)15;1-2-4-3-1/h3-4,6H,5,16H2,1-2H3;1-4H2. The van der Waals surface area contributed by atoms with Crippen molar-refractivity contribution in [2.75, 3.05) is 0 Å². The fourth-order valence-electron chi connectivity index (χ4n) is 1.93. The summed E-state index contributed by atoms with van der Waals surface area (Å²) in [6, 6.07) is 2.54. The van der Waals surface area contributed by atoms with E-state index in [-0.39, 0.29) is 23.6 Å². The van der Waals surface area contributed by atoms with Gasteiger partial charge in [0.2, 0.25) is 0 Å². The molecule has 1 aromatic heterocycles. The molecule has 0 radical (unpaired) electrons. The summed E-state index contributed by atoms with van der Waals surface area (Å²) in [7, 11) is 0. The summed E-state index contributed by atoms with van der Waals surface area (Å²) in [5, 5.41) is 0. The number of hydrogen-bond acceptors (Lipinski definition) is 3. The van der Waals surface area contributed by atoms with Gasteiger partial charge in [-0.1, -0.05) is 39.5 Å². The molecule has 0 amide bonds. The van der Waals surface area contributed by atoms with Gasteiger partial charge in [0.25, 0.3) is 0 Å². The second kappa shape index (κ2) is 6.69. The van der Waals surface area contributed by atoms with E-state index < -0.39 is 11.7 Å². The molecular weight excluding hydrogens is 293 g/mol. The predicted octanol–water partition coefficient (Wildman–Crippen LogP) is 4.99. The number of aromatic nitrogens is 1. The molecule has 0 aliphatic heterocycles. The molecule has 0 atom stereocenters. The summed E-state index contributed by atoms with van der Waals surface area (Å²) < 4.78 is 44.0. The van der Waals surface area contributed by atoms with Gasteiger partial charge in [-0.15, -0.1) is 0 Å². The molecule has 22 heavy (non-hydrogen) atoms. The van der Waals surface area contributed by atoms with Gasteiger partial charge in [0, 0.05) is 12.5 Å². The number of rotatable bonds is 2. The first-order valence-electron chi connectivity index (χ1n) is 7.53. The highest BCUT2D eigenvalue weighted by atomic mass is 19.4. The number of alkyl halides is 3. The van der Waals surface area contributed by atoms with Crippen LogP contribution < -0.4 is 5.73 Å². The summed E-state index contributed by atoms with van der Waals surface area (Å²) in [6.45, 7) is 3.65. The summed E-state index contributed by atoms with van der Waals surface area (Å²) in [5.41, 5.74) is 4.95. The number of oxazole rings is 1. The van der Waals surface area contributed by atoms with Gasteiger partial charge >= 0.3 is 6.18 Å². The Balaban J connectivity index is 0.000000381. The lowest BCUT2D eigenvalue weighted by Crippen LogP contribution is -2.07. The van der Waals surface area contributed by atoms with Crippen LogP contribution in [0.1, 0.15) is 62.5 Å². The van der Waals surface area contributed by atoms with Gasteiger partial charge in [0.05, 0.1) is 0 Å². The average Bonchev–Trinajstić information content (AvgIpc) is 2.77. The van der Waals surface area contributed by atoms with Gasteiger partial charge in [-0.3, -0.25) is 0 Å². The third kappa shape index (κ3) is 3.80. The van der Waals surface area contributed by atoms with Crippen LogP contribution in [-0.4, -0.2) is 4.98 Å². The first-order valence-corrected chi connectivity index (χ1v) is 7.53. The van der Waals surface area contributed by atoms with E-state index in [2.05, 4.69) is 4.98 Å². The van der Waals surface area contributed by atoms with Gasteiger partial charge in [0.15, 0.2) is 11.5 Å². The van der Waals surface area contributed by atoms with Crippen molar-refractivity contribution in [3.8, 4) is 0 Å². The Bertz CT molecular complexity index is 624. The van der Waals surface area contributed by atoms with Crippen molar-refractivity contribution in [1.29, 1.82) is 0 Å². The molecule has 1 heterocycles. The van der Waals surface area contributed by atoms with Crippen molar-refractivity contribution in [2.45, 2.75) is 58.2 Å². The van der Waals surface area contributed by atoms with Crippen LogP contribution in [0.15, 0.2) is 16.5 Å². The number of benzene rings is 1. The molecule has 6 heteroatoms. The molecule has 2 N–H and O–H groups in total. The summed E-state index contributed by atoms with van der Waals surface area (Å²) >= 11 is 0. The van der Waals surface area contributed by atoms with Crippen molar-refractivity contribution >= 4 is 11.1 Å². The predicted molar refractivity (Wildman–Crippen MR) is 79.5 cm³/mol. The van der Waals surface area contributed by atoms with Gasteiger partial charge in [-0.2, -0.15) is 13.2 Å². The summed E-state index contributed by atoms with van der Waals surface area (Å²) in [5.74, 6) is 0.226. The minimum Gasteiger partial charge on any atom is -0.440 e. The van der Waals surface area contributed by atoms with Crippen molar-refractivity contribution in [2.24, 2.45) is 5.73 Å². The second-order valence-electron chi connectivity index (χ2n) is 5.81. The zero-order chi connectivity index (χ0) is 16.3. The topological polar surface area (TPSA) is 52.0 Å². The van der Waals surface area contributed by atoms with Gasteiger partial charge in [-0.05, 0) is 17.7 Å². The van der Waals surface area contributed by atoms with Crippen molar-refractivity contribution in [3.05, 3.63) is 29.2 Å². The first-order chi connectivity index (χ1) is 10.3. The van der Waals surface area contributed by atoms with E-state index in [4.69, 9.17) is 10.2 Å². The van der Waals surface area contributed by atoms with Gasteiger partial charge < -0.3 is 10.2 Å². The smallest absolute Gasteiger partial charge is 0.420 e. The molecule has 1 aliphatic rings. The lowest BCUT2D eigenvalue weighted by atomic mass is 10.0. The third-order valence-corrected chi connectivity index (χ3v) is 3.60. The largest absolute Gasteiger partial charge is 0.440 e. The lowest BCUT2D eigenvalue weighted by molar-refractivity contribution is -0.136. The first kappa shape index (κ1) is 16.8. The van der Waals surface area contributed by atoms with Crippen molar-refractivity contribution < 1.29 is 17.6 Å². The maximum absolute atomic E-state index is 12.9. The minimum absolute atomic E-state index is 0.0306. The average molecular weight is 314 g/mol. The minimum atomic E-state index is -4.47. The Kier molecular flexibility index (Phi) is 5.11. The Labute approximate surface area is 127 Å².